The lowest BCUT2D eigenvalue weighted by Gasteiger charge is -2.22. The van der Waals surface area contributed by atoms with Crippen LogP contribution in [-0.4, -0.2) is 45.5 Å². The van der Waals surface area contributed by atoms with Crippen LogP contribution in [0.15, 0.2) is 64.0 Å². The van der Waals surface area contributed by atoms with Gasteiger partial charge >= 0.3 is 0 Å². The topological polar surface area (TPSA) is 138 Å². The molecule has 1 heterocycles. The average molecular weight is 568 g/mol. The van der Waals surface area contributed by atoms with Gasteiger partial charge in [0, 0.05) is 21.5 Å². The van der Waals surface area contributed by atoms with E-state index < -0.39 is 32.5 Å². The summed E-state index contributed by atoms with van der Waals surface area (Å²) in [6.45, 7) is 3.00. The first-order valence-electron chi connectivity index (χ1n) is 9.82. The summed E-state index contributed by atoms with van der Waals surface area (Å²) < 4.78 is 53.7. The second-order valence-electron chi connectivity index (χ2n) is 7.40. The second-order valence-corrected chi connectivity index (χ2v) is 11.9. The van der Waals surface area contributed by atoms with Crippen molar-refractivity contribution >= 4 is 59.2 Å². The highest BCUT2D eigenvalue weighted by Crippen LogP contribution is 2.21. The van der Waals surface area contributed by atoms with Crippen LogP contribution in [0.1, 0.15) is 11.4 Å². The first-order chi connectivity index (χ1) is 15.8. The zero-order valence-corrected chi connectivity index (χ0v) is 21.7. The zero-order chi connectivity index (χ0) is 25.1. The third-order valence-electron chi connectivity index (χ3n) is 4.46. The molecule has 0 radical (unpaired) electrons. The normalized spacial score (nSPS) is 11.6. The van der Waals surface area contributed by atoms with Gasteiger partial charge in [0.1, 0.15) is 6.54 Å². The summed E-state index contributed by atoms with van der Waals surface area (Å²) >= 11 is 3.28. The largest absolute Gasteiger partial charge is 0.325 e. The van der Waals surface area contributed by atoms with E-state index in [1.165, 1.54) is 24.3 Å². The van der Waals surface area contributed by atoms with Crippen LogP contribution in [0.5, 0.6) is 0 Å². The first kappa shape index (κ1) is 25.6. The molecule has 0 aliphatic heterocycles. The van der Waals surface area contributed by atoms with Crippen LogP contribution in [0.2, 0.25) is 0 Å². The number of rotatable bonds is 8. The summed E-state index contributed by atoms with van der Waals surface area (Å²) in [6, 6.07) is 13.6. The van der Waals surface area contributed by atoms with Crippen LogP contribution < -0.4 is 14.3 Å². The predicted molar refractivity (Wildman–Crippen MR) is 134 cm³/mol. The van der Waals surface area contributed by atoms with E-state index in [0.29, 0.717) is 22.8 Å². The molecule has 0 fully saturated rings. The minimum Gasteiger partial charge on any atom is -0.325 e. The molecule has 0 saturated heterocycles. The Bertz CT molecular complexity index is 1390. The number of benzene rings is 2. The number of halogens is 1. The van der Waals surface area contributed by atoms with Crippen molar-refractivity contribution in [3.63, 3.8) is 0 Å². The predicted octanol–water partition coefficient (Wildman–Crippen LogP) is 3.06. The molecule has 0 aliphatic rings. The molecule has 0 saturated carbocycles. The molecule has 3 aromatic rings. The van der Waals surface area contributed by atoms with Gasteiger partial charge in [0.2, 0.25) is 21.9 Å². The number of sulfonamides is 2. The number of nitrogens with one attached hydrogen (secondary N) is 2. The molecule has 1 amide bonds. The second kappa shape index (κ2) is 10.1. The maximum Gasteiger partial charge on any atom is 0.264 e. The Morgan fingerprint density at radius 3 is 2.03 bits per heavy atom. The molecular formula is C21H22BrN5O5S2. The van der Waals surface area contributed by atoms with Gasteiger partial charge in [-0.25, -0.2) is 31.5 Å². The van der Waals surface area contributed by atoms with Gasteiger partial charge in [0.05, 0.1) is 16.8 Å². The molecule has 10 nitrogen and oxygen atoms in total. The van der Waals surface area contributed by atoms with Crippen LogP contribution >= 0.6 is 15.9 Å². The Balaban J connectivity index is 1.71. The fourth-order valence-corrected chi connectivity index (χ4v) is 5.07. The van der Waals surface area contributed by atoms with Crippen molar-refractivity contribution in [3.05, 3.63) is 70.5 Å². The molecule has 2 N–H and O–H groups in total. The number of aryl methyl sites for hydroxylation is 2. The van der Waals surface area contributed by atoms with Gasteiger partial charge in [0.25, 0.3) is 10.0 Å². The SMILES string of the molecule is Cc1cc(C)nc(NS(=O)(=O)c2ccc(NC(=O)CN(c3ccc(Br)cc3)S(C)(=O)=O)cc2)n1. The Hall–Kier alpha value is -3.03. The van der Waals surface area contributed by atoms with Crippen LogP contribution in [0.25, 0.3) is 0 Å². The van der Waals surface area contributed by atoms with E-state index >= 15 is 0 Å². The van der Waals surface area contributed by atoms with Crippen molar-refractivity contribution in [2.45, 2.75) is 18.7 Å². The lowest BCUT2D eigenvalue weighted by atomic mass is 10.3. The molecule has 0 aliphatic carbocycles. The molecule has 13 heteroatoms. The third-order valence-corrected chi connectivity index (χ3v) is 7.47. The molecule has 0 atom stereocenters. The first-order valence-corrected chi connectivity index (χ1v) is 13.9. The van der Waals surface area contributed by atoms with Crippen molar-refractivity contribution in [3.8, 4) is 0 Å². The number of anilines is 3. The summed E-state index contributed by atoms with van der Waals surface area (Å²) in [7, 11) is -7.67. The van der Waals surface area contributed by atoms with Crippen LogP contribution in [0, 0.1) is 13.8 Å². The molecule has 0 bridgehead atoms. The molecule has 34 heavy (non-hydrogen) atoms. The van der Waals surface area contributed by atoms with E-state index in [2.05, 4.69) is 35.9 Å². The van der Waals surface area contributed by atoms with Gasteiger partial charge in [-0.3, -0.25) is 9.10 Å². The van der Waals surface area contributed by atoms with Crippen LogP contribution in [0.3, 0.4) is 0 Å². The highest BCUT2D eigenvalue weighted by atomic mass is 79.9. The quantitative estimate of drug-likeness (QED) is 0.426. The smallest absolute Gasteiger partial charge is 0.264 e. The summed E-state index contributed by atoms with van der Waals surface area (Å²) in [6.07, 6.45) is 1.01. The molecule has 0 unspecified atom stereocenters. The Morgan fingerprint density at radius 1 is 0.941 bits per heavy atom. The molecular weight excluding hydrogens is 546 g/mol. The Labute approximate surface area is 206 Å². The zero-order valence-electron chi connectivity index (χ0n) is 18.5. The van der Waals surface area contributed by atoms with Gasteiger partial charge in [0.15, 0.2) is 0 Å². The number of hydrogen-bond acceptors (Lipinski definition) is 7. The van der Waals surface area contributed by atoms with Crippen molar-refractivity contribution in [2.75, 3.05) is 27.1 Å². The van der Waals surface area contributed by atoms with E-state index in [-0.39, 0.29) is 10.8 Å². The minimum atomic E-state index is -3.95. The van der Waals surface area contributed by atoms with Crippen LogP contribution in [0.4, 0.5) is 17.3 Å². The standard InChI is InChI=1S/C21H22BrN5O5S2/c1-14-12-15(2)24-21(23-14)26-34(31,32)19-10-6-17(7-11-19)25-20(28)13-27(33(3,29)30)18-8-4-16(22)5-9-18/h4-12H,13H2,1-3H3,(H,25,28)(H,23,24,26). The maximum atomic E-state index is 12.6. The van der Waals surface area contributed by atoms with E-state index in [4.69, 9.17) is 0 Å². The number of nitrogens with zero attached hydrogens (tertiary/aromatic N) is 3. The highest BCUT2D eigenvalue weighted by Gasteiger charge is 2.21. The average Bonchev–Trinajstić information content (AvgIpc) is 2.71. The van der Waals surface area contributed by atoms with E-state index in [1.807, 2.05) is 0 Å². The molecule has 1 aromatic heterocycles. The molecule has 3 rings (SSSR count). The number of amides is 1. The fraction of sp³-hybridized carbons (Fsp3) is 0.190. The van der Waals surface area contributed by atoms with Gasteiger partial charge < -0.3 is 5.32 Å². The van der Waals surface area contributed by atoms with Gasteiger partial charge in [-0.1, -0.05) is 15.9 Å². The molecule has 0 spiro atoms. The highest BCUT2D eigenvalue weighted by molar-refractivity contribution is 9.10. The van der Waals surface area contributed by atoms with Gasteiger partial charge in [-0.15, -0.1) is 0 Å². The lowest BCUT2D eigenvalue weighted by Crippen LogP contribution is -2.37. The monoisotopic (exact) mass is 567 g/mol. The molecule has 180 valence electrons. The maximum absolute atomic E-state index is 12.6. The fourth-order valence-electron chi connectivity index (χ4n) is 3.01. The third kappa shape index (κ3) is 6.74. The van der Waals surface area contributed by atoms with Crippen molar-refractivity contribution in [1.29, 1.82) is 0 Å². The Morgan fingerprint density at radius 2 is 1.50 bits per heavy atom. The number of carbonyl (C=O) groups is 1. The number of aromatic nitrogens is 2. The van der Waals surface area contributed by atoms with Crippen LogP contribution in [-0.2, 0) is 24.8 Å². The summed E-state index contributed by atoms with van der Waals surface area (Å²) in [5, 5.41) is 2.57. The molecule has 2 aromatic carbocycles. The van der Waals surface area contributed by atoms with Gasteiger partial charge in [-0.05, 0) is 68.4 Å². The lowest BCUT2D eigenvalue weighted by molar-refractivity contribution is -0.114. The minimum absolute atomic E-state index is 0.0383. The Kier molecular flexibility index (Phi) is 7.58. The van der Waals surface area contributed by atoms with Gasteiger partial charge in [-0.2, -0.15) is 0 Å². The van der Waals surface area contributed by atoms with E-state index in [1.54, 1.807) is 44.2 Å². The van der Waals surface area contributed by atoms with E-state index in [0.717, 1.165) is 15.0 Å². The number of hydrogen-bond donors (Lipinski definition) is 2. The summed E-state index contributed by atoms with van der Waals surface area (Å²) in [4.78, 5) is 20.6. The van der Waals surface area contributed by atoms with Crippen molar-refractivity contribution in [2.24, 2.45) is 0 Å². The summed E-state index contributed by atoms with van der Waals surface area (Å²) in [5.74, 6) is -0.630. The number of carbonyl (C=O) groups excluding carboxylic acids is 1. The van der Waals surface area contributed by atoms with E-state index in [9.17, 15) is 21.6 Å². The van der Waals surface area contributed by atoms with Crippen molar-refractivity contribution in [1.82, 2.24) is 9.97 Å². The van der Waals surface area contributed by atoms with Crippen molar-refractivity contribution < 1.29 is 21.6 Å². The summed E-state index contributed by atoms with van der Waals surface area (Å²) in [5.41, 5.74) is 1.88.